The van der Waals surface area contributed by atoms with Crippen LogP contribution in [0.3, 0.4) is 0 Å². The number of carbonyl (C=O) groups is 1. The molecule has 0 aliphatic carbocycles. The van der Waals surface area contributed by atoms with E-state index in [0.717, 1.165) is 12.1 Å². The Morgan fingerprint density at radius 1 is 1.33 bits per heavy atom. The monoisotopic (exact) mass is 216 g/mol. The average Bonchev–Trinajstić information content (AvgIpc) is 2.11. The van der Waals surface area contributed by atoms with E-state index in [1.807, 2.05) is 0 Å². The van der Waals surface area contributed by atoms with Gasteiger partial charge in [0.25, 0.3) is 0 Å². The van der Waals surface area contributed by atoms with Crippen LogP contribution < -0.4 is 4.74 Å². The first kappa shape index (κ1) is 11.4. The molecule has 0 heterocycles. The highest BCUT2D eigenvalue weighted by molar-refractivity contribution is 5.76. The average molecular weight is 216 g/mol. The Morgan fingerprint density at radius 2 is 1.80 bits per heavy atom. The second-order valence-electron chi connectivity index (χ2n) is 3.47. The molecule has 1 rings (SSSR count). The maximum absolute atomic E-state index is 13.1. The zero-order valence-corrected chi connectivity index (χ0v) is 8.25. The second kappa shape index (κ2) is 3.84. The van der Waals surface area contributed by atoms with Crippen molar-refractivity contribution in [2.75, 3.05) is 0 Å². The molecule has 0 unspecified atom stereocenters. The van der Waals surface area contributed by atoms with Crippen molar-refractivity contribution in [1.82, 2.24) is 0 Å². The van der Waals surface area contributed by atoms with E-state index >= 15 is 0 Å². The summed E-state index contributed by atoms with van der Waals surface area (Å²) in [5.74, 6) is -3.83. The first-order valence-electron chi connectivity index (χ1n) is 4.21. The van der Waals surface area contributed by atoms with Gasteiger partial charge in [-0.3, -0.25) is 0 Å². The van der Waals surface area contributed by atoms with Gasteiger partial charge in [0.15, 0.2) is 23.0 Å². The van der Waals surface area contributed by atoms with Crippen LogP contribution in [0.5, 0.6) is 5.75 Å². The maximum Gasteiger partial charge on any atom is 0.347 e. The number of aliphatic carboxylic acids is 1. The van der Waals surface area contributed by atoms with Gasteiger partial charge in [0.1, 0.15) is 0 Å². The van der Waals surface area contributed by atoms with E-state index in [0.29, 0.717) is 0 Å². The van der Waals surface area contributed by atoms with Gasteiger partial charge in [-0.15, -0.1) is 0 Å². The predicted octanol–water partition coefficient (Wildman–Crippen LogP) is 2.21. The Balaban J connectivity index is 3.04. The molecule has 0 atom stereocenters. The van der Waals surface area contributed by atoms with Crippen LogP contribution in [0.1, 0.15) is 13.8 Å². The van der Waals surface area contributed by atoms with Crippen LogP contribution in [-0.4, -0.2) is 16.7 Å². The molecule has 1 aromatic carbocycles. The van der Waals surface area contributed by atoms with Gasteiger partial charge in [0, 0.05) is 0 Å². The maximum atomic E-state index is 13.1. The van der Waals surface area contributed by atoms with Gasteiger partial charge in [-0.1, -0.05) is 6.07 Å². The Labute approximate surface area is 85.3 Å². The van der Waals surface area contributed by atoms with Gasteiger partial charge in [0.2, 0.25) is 0 Å². The molecule has 0 aromatic heterocycles. The van der Waals surface area contributed by atoms with Crippen molar-refractivity contribution in [3.8, 4) is 5.75 Å². The Morgan fingerprint density at radius 3 is 2.20 bits per heavy atom. The number of hydrogen-bond acceptors (Lipinski definition) is 2. The van der Waals surface area contributed by atoms with E-state index in [1.54, 1.807) is 0 Å². The molecule has 0 fully saturated rings. The van der Waals surface area contributed by atoms with Gasteiger partial charge >= 0.3 is 5.97 Å². The molecule has 0 spiro atoms. The molecule has 1 N–H and O–H groups in total. The minimum Gasteiger partial charge on any atom is -0.478 e. The normalized spacial score (nSPS) is 11.2. The smallest absolute Gasteiger partial charge is 0.347 e. The zero-order chi connectivity index (χ0) is 11.6. The summed E-state index contributed by atoms with van der Waals surface area (Å²) in [6.07, 6.45) is 0. The fourth-order valence-corrected chi connectivity index (χ4v) is 0.879. The molecule has 0 bridgehead atoms. The lowest BCUT2D eigenvalue weighted by atomic mass is 10.1. The molecule has 15 heavy (non-hydrogen) atoms. The molecule has 5 heteroatoms. The number of rotatable bonds is 3. The first-order chi connectivity index (χ1) is 6.84. The molecule has 0 saturated carbocycles. The lowest BCUT2D eigenvalue weighted by Crippen LogP contribution is -2.38. The summed E-state index contributed by atoms with van der Waals surface area (Å²) in [5.41, 5.74) is -1.68. The minimum absolute atomic E-state index is 0.676. The van der Waals surface area contributed by atoms with Crippen molar-refractivity contribution in [2.24, 2.45) is 0 Å². The van der Waals surface area contributed by atoms with Crippen molar-refractivity contribution >= 4 is 5.97 Å². The highest BCUT2D eigenvalue weighted by Gasteiger charge is 2.31. The fourth-order valence-electron chi connectivity index (χ4n) is 0.879. The summed E-state index contributed by atoms with van der Waals surface area (Å²) in [6, 6.07) is 3.16. The summed E-state index contributed by atoms with van der Waals surface area (Å²) in [5, 5.41) is 8.71. The lowest BCUT2D eigenvalue weighted by Gasteiger charge is -2.21. The molecule has 82 valence electrons. The molecular weight excluding hydrogens is 206 g/mol. The lowest BCUT2D eigenvalue weighted by molar-refractivity contribution is -0.152. The highest BCUT2D eigenvalue weighted by Crippen LogP contribution is 2.25. The van der Waals surface area contributed by atoms with Crippen molar-refractivity contribution in [3.63, 3.8) is 0 Å². The summed E-state index contributed by atoms with van der Waals surface area (Å²) in [6.45, 7) is 2.42. The van der Waals surface area contributed by atoms with Gasteiger partial charge in [-0.05, 0) is 26.0 Å². The number of benzene rings is 1. The van der Waals surface area contributed by atoms with Crippen LogP contribution in [0.25, 0.3) is 0 Å². The molecule has 0 aliphatic rings. The Hall–Kier alpha value is -1.65. The third kappa shape index (κ3) is 2.43. The summed E-state index contributed by atoms with van der Waals surface area (Å²) in [7, 11) is 0. The summed E-state index contributed by atoms with van der Waals surface area (Å²) < 4.78 is 30.9. The standard InChI is InChI=1S/C10H10F2O3/c1-10(2,9(13)14)15-8-6(11)4-3-5-7(8)12/h3-5H,1-2H3,(H,13,14). The van der Waals surface area contributed by atoms with E-state index in [1.165, 1.54) is 19.9 Å². The molecular formula is C10H10F2O3. The summed E-state index contributed by atoms with van der Waals surface area (Å²) >= 11 is 0. The SMILES string of the molecule is CC(C)(Oc1c(F)cccc1F)C(=O)O. The first-order valence-corrected chi connectivity index (χ1v) is 4.21. The third-order valence-electron chi connectivity index (χ3n) is 1.79. The third-order valence-corrected chi connectivity index (χ3v) is 1.79. The van der Waals surface area contributed by atoms with Crippen molar-refractivity contribution in [2.45, 2.75) is 19.4 Å². The van der Waals surface area contributed by atoms with Gasteiger partial charge in [-0.2, -0.15) is 0 Å². The minimum atomic E-state index is -1.68. The molecule has 0 saturated heterocycles. The van der Waals surface area contributed by atoms with Crippen molar-refractivity contribution < 1.29 is 23.4 Å². The van der Waals surface area contributed by atoms with Gasteiger partial charge in [-0.25, -0.2) is 13.6 Å². The highest BCUT2D eigenvalue weighted by atomic mass is 19.1. The van der Waals surface area contributed by atoms with Crippen LogP contribution in [0, 0.1) is 11.6 Å². The number of ether oxygens (including phenoxy) is 1. The fraction of sp³-hybridized carbons (Fsp3) is 0.300. The van der Waals surface area contributed by atoms with Crippen LogP contribution in [0.2, 0.25) is 0 Å². The number of carboxylic acids is 1. The number of para-hydroxylation sites is 1. The van der Waals surface area contributed by atoms with Crippen molar-refractivity contribution in [3.05, 3.63) is 29.8 Å². The van der Waals surface area contributed by atoms with Crippen LogP contribution in [0.15, 0.2) is 18.2 Å². The van der Waals surface area contributed by atoms with Crippen molar-refractivity contribution in [1.29, 1.82) is 0 Å². The number of carboxylic acid groups (broad SMARTS) is 1. The number of hydrogen-bond donors (Lipinski definition) is 1. The van der Waals surface area contributed by atoms with Crippen LogP contribution in [-0.2, 0) is 4.79 Å². The van der Waals surface area contributed by atoms with Gasteiger partial charge < -0.3 is 9.84 Å². The molecule has 0 aliphatic heterocycles. The molecule has 0 amide bonds. The molecule has 3 nitrogen and oxygen atoms in total. The zero-order valence-electron chi connectivity index (χ0n) is 8.25. The van der Waals surface area contributed by atoms with Crippen LogP contribution in [0.4, 0.5) is 8.78 Å². The van der Waals surface area contributed by atoms with E-state index in [9.17, 15) is 13.6 Å². The second-order valence-corrected chi connectivity index (χ2v) is 3.47. The Bertz CT molecular complexity index is 368. The molecule has 0 radical (unpaired) electrons. The van der Waals surface area contributed by atoms with E-state index in [4.69, 9.17) is 9.84 Å². The van der Waals surface area contributed by atoms with Crippen LogP contribution >= 0.6 is 0 Å². The van der Waals surface area contributed by atoms with E-state index in [2.05, 4.69) is 0 Å². The topological polar surface area (TPSA) is 46.5 Å². The Kier molecular flexibility index (Phi) is 2.93. The molecule has 1 aromatic rings. The van der Waals surface area contributed by atoms with E-state index < -0.39 is 29.0 Å². The number of halogens is 2. The quantitative estimate of drug-likeness (QED) is 0.842. The predicted molar refractivity (Wildman–Crippen MR) is 48.7 cm³/mol. The summed E-state index contributed by atoms with van der Waals surface area (Å²) in [4.78, 5) is 10.7. The largest absolute Gasteiger partial charge is 0.478 e. The van der Waals surface area contributed by atoms with Gasteiger partial charge in [0.05, 0.1) is 0 Å². The van der Waals surface area contributed by atoms with E-state index in [-0.39, 0.29) is 0 Å².